The molecular formula is C27H31F3N4O2. The number of carbonyl (C=O) groups is 1. The van der Waals surface area contributed by atoms with Gasteiger partial charge in [0.25, 0.3) is 5.91 Å². The number of nitrogens with zero attached hydrogens (tertiary/aromatic N) is 3. The molecule has 3 aromatic rings. The van der Waals surface area contributed by atoms with E-state index < -0.39 is 6.36 Å². The lowest BCUT2D eigenvalue weighted by Crippen LogP contribution is -2.49. The molecule has 5 rings (SSSR count). The summed E-state index contributed by atoms with van der Waals surface area (Å²) in [7, 11) is 1.98. The number of fused-ring (bicyclic) bond motifs is 1. The van der Waals surface area contributed by atoms with Crippen LogP contribution in [0.4, 0.5) is 18.9 Å². The van der Waals surface area contributed by atoms with Gasteiger partial charge in [0.05, 0.1) is 17.3 Å². The number of aromatic nitrogens is 2. The number of carbonyl (C=O) groups excluding carboxylic acids is 1. The van der Waals surface area contributed by atoms with Gasteiger partial charge >= 0.3 is 6.36 Å². The zero-order valence-electron chi connectivity index (χ0n) is 20.6. The SMILES string of the molecule is CCc1c(C(=O)NCC2CC3(CCN(c4ccc(OC(F)(F)F)cc4)CC3)C2)c2ccncc2n1C. The van der Waals surface area contributed by atoms with E-state index in [0.29, 0.717) is 17.9 Å². The fourth-order valence-corrected chi connectivity index (χ4v) is 6.14. The number of aryl methyl sites for hydroxylation is 1. The molecule has 0 unspecified atom stereocenters. The normalized spacial score (nSPS) is 17.9. The van der Waals surface area contributed by atoms with Crippen LogP contribution in [0.2, 0.25) is 0 Å². The van der Waals surface area contributed by atoms with Crippen LogP contribution < -0.4 is 15.0 Å². The highest BCUT2D eigenvalue weighted by Crippen LogP contribution is 2.52. The predicted octanol–water partition coefficient (Wildman–Crippen LogP) is 5.46. The van der Waals surface area contributed by atoms with Crippen LogP contribution >= 0.6 is 0 Å². The number of alkyl halides is 3. The molecule has 1 aliphatic carbocycles. The average Bonchev–Trinajstić information content (AvgIpc) is 3.13. The van der Waals surface area contributed by atoms with Gasteiger partial charge < -0.3 is 19.5 Å². The van der Waals surface area contributed by atoms with Crippen LogP contribution in [0, 0.1) is 11.3 Å². The Morgan fingerprint density at radius 1 is 1.17 bits per heavy atom. The molecule has 0 atom stereocenters. The summed E-state index contributed by atoms with van der Waals surface area (Å²) in [4.78, 5) is 19.6. The van der Waals surface area contributed by atoms with Gasteiger partial charge in [0.15, 0.2) is 0 Å². The van der Waals surface area contributed by atoms with Gasteiger partial charge in [0, 0.05) is 49.6 Å². The average molecular weight is 501 g/mol. The van der Waals surface area contributed by atoms with Crippen molar-refractivity contribution < 1.29 is 22.7 Å². The number of piperidine rings is 1. The second-order valence-corrected chi connectivity index (χ2v) is 10.1. The van der Waals surface area contributed by atoms with E-state index in [1.54, 1.807) is 24.5 Å². The standard InChI is InChI=1S/C27H31F3N4O2/c1-3-22-24(21-8-11-31-17-23(21)33(22)2)25(35)32-16-18-14-26(15-18)9-12-34(13-10-26)19-4-6-20(7-5-19)36-27(28,29)30/h4-8,11,17-18H,3,9-10,12-16H2,1-2H3,(H,32,35). The number of hydrogen-bond donors (Lipinski definition) is 1. The van der Waals surface area contributed by atoms with E-state index in [1.807, 2.05) is 13.1 Å². The summed E-state index contributed by atoms with van der Waals surface area (Å²) in [5.74, 6) is 0.258. The van der Waals surface area contributed by atoms with Crippen molar-refractivity contribution in [3.8, 4) is 5.75 Å². The van der Waals surface area contributed by atoms with Crippen molar-refractivity contribution in [2.24, 2.45) is 18.4 Å². The molecule has 3 heterocycles. The molecule has 1 N–H and O–H groups in total. The maximum Gasteiger partial charge on any atom is 0.573 e. The molecule has 2 aromatic heterocycles. The first kappa shape index (κ1) is 24.5. The van der Waals surface area contributed by atoms with Crippen molar-refractivity contribution in [1.29, 1.82) is 0 Å². The molecule has 36 heavy (non-hydrogen) atoms. The summed E-state index contributed by atoms with van der Waals surface area (Å²) < 4.78 is 43.2. The van der Waals surface area contributed by atoms with E-state index in [-0.39, 0.29) is 11.7 Å². The molecule has 2 fully saturated rings. The fraction of sp³-hybridized carbons (Fsp3) is 0.481. The van der Waals surface area contributed by atoms with E-state index in [1.165, 1.54) is 12.1 Å². The van der Waals surface area contributed by atoms with Crippen molar-refractivity contribution in [3.63, 3.8) is 0 Å². The highest BCUT2D eigenvalue weighted by molar-refractivity contribution is 6.08. The molecule has 6 nitrogen and oxygen atoms in total. The number of hydrogen-bond acceptors (Lipinski definition) is 4. The molecule has 192 valence electrons. The summed E-state index contributed by atoms with van der Waals surface area (Å²) >= 11 is 0. The Labute approximate surface area is 208 Å². The molecule has 2 aliphatic rings. The molecule has 9 heteroatoms. The summed E-state index contributed by atoms with van der Waals surface area (Å²) in [5.41, 5.74) is 3.97. The zero-order valence-corrected chi connectivity index (χ0v) is 20.6. The Kier molecular flexibility index (Phi) is 6.34. The summed E-state index contributed by atoms with van der Waals surface area (Å²) in [5, 5.41) is 4.13. The molecular weight excluding hydrogens is 469 g/mol. The van der Waals surface area contributed by atoms with Crippen LogP contribution in [-0.2, 0) is 13.5 Å². The Morgan fingerprint density at radius 3 is 2.50 bits per heavy atom. The lowest BCUT2D eigenvalue weighted by Gasteiger charge is -2.52. The van der Waals surface area contributed by atoms with Gasteiger partial charge in [-0.25, -0.2) is 0 Å². The Hall–Kier alpha value is -3.23. The number of benzene rings is 1. The molecule has 1 saturated carbocycles. The van der Waals surface area contributed by atoms with Gasteiger partial charge in [-0.15, -0.1) is 13.2 Å². The number of rotatable bonds is 6. The van der Waals surface area contributed by atoms with Crippen LogP contribution in [0.25, 0.3) is 10.9 Å². The first-order chi connectivity index (χ1) is 17.2. The predicted molar refractivity (Wildman–Crippen MR) is 132 cm³/mol. The van der Waals surface area contributed by atoms with Gasteiger partial charge in [-0.05, 0) is 73.8 Å². The highest BCUT2D eigenvalue weighted by Gasteiger charge is 2.45. The first-order valence-electron chi connectivity index (χ1n) is 12.5. The minimum absolute atomic E-state index is 0.0163. The van der Waals surface area contributed by atoms with Crippen molar-refractivity contribution in [3.05, 3.63) is 54.0 Å². The second kappa shape index (κ2) is 9.33. The summed E-state index contributed by atoms with van der Waals surface area (Å²) in [6.07, 6.45) is 3.92. The number of anilines is 1. The molecule has 1 amide bonds. The maximum atomic E-state index is 13.1. The Morgan fingerprint density at radius 2 is 1.86 bits per heavy atom. The summed E-state index contributed by atoms with van der Waals surface area (Å²) in [6.45, 7) is 4.49. The quantitative estimate of drug-likeness (QED) is 0.488. The van der Waals surface area contributed by atoms with Crippen molar-refractivity contribution in [1.82, 2.24) is 14.9 Å². The topological polar surface area (TPSA) is 59.4 Å². The van der Waals surface area contributed by atoms with Gasteiger partial charge in [-0.1, -0.05) is 6.92 Å². The third-order valence-electron chi connectivity index (χ3n) is 7.94. The van der Waals surface area contributed by atoms with Crippen LogP contribution in [0.3, 0.4) is 0 Å². The van der Waals surface area contributed by atoms with Crippen molar-refractivity contribution >= 4 is 22.5 Å². The van der Waals surface area contributed by atoms with Gasteiger partial charge in [0.2, 0.25) is 0 Å². The fourth-order valence-electron chi connectivity index (χ4n) is 6.14. The molecule has 1 spiro atoms. The minimum Gasteiger partial charge on any atom is -0.406 e. The first-order valence-corrected chi connectivity index (χ1v) is 12.5. The van der Waals surface area contributed by atoms with Gasteiger partial charge in [-0.2, -0.15) is 0 Å². The summed E-state index contributed by atoms with van der Waals surface area (Å²) in [6, 6.07) is 8.02. The maximum absolute atomic E-state index is 13.1. The number of ether oxygens (including phenoxy) is 1. The lowest BCUT2D eigenvalue weighted by molar-refractivity contribution is -0.274. The van der Waals surface area contributed by atoms with E-state index in [9.17, 15) is 18.0 Å². The highest BCUT2D eigenvalue weighted by atomic mass is 19.4. The van der Waals surface area contributed by atoms with E-state index in [4.69, 9.17) is 0 Å². The van der Waals surface area contributed by atoms with Crippen molar-refractivity contribution in [2.45, 2.75) is 45.4 Å². The molecule has 1 aliphatic heterocycles. The number of pyridine rings is 1. The Balaban J connectivity index is 1.12. The molecule has 0 radical (unpaired) electrons. The lowest BCUT2D eigenvalue weighted by atomic mass is 9.57. The van der Waals surface area contributed by atoms with E-state index in [0.717, 1.165) is 73.0 Å². The third kappa shape index (κ3) is 4.75. The smallest absolute Gasteiger partial charge is 0.406 e. The van der Waals surface area contributed by atoms with Crippen LogP contribution in [0.5, 0.6) is 5.75 Å². The third-order valence-corrected chi connectivity index (χ3v) is 7.94. The monoisotopic (exact) mass is 500 g/mol. The second-order valence-electron chi connectivity index (χ2n) is 10.1. The van der Waals surface area contributed by atoms with Crippen LogP contribution in [0.1, 0.15) is 48.7 Å². The zero-order chi connectivity index (χ0) is 25.5. The van der Waals surface area contributed by atoms with Gasteiger partial charge in [0.1, 0.15) is 5.75 Å². The number of halogens is 3. The van der Waals surface area contributed by atoms with E-state index in [2.05, 4.69) is 31.4 Å². The largest absolute Gasteiger partial charge is 0.573 e. The molecule has 0 bridgehead atoms. The van der Waals surface area contributed by atoms with Crippen LogP contribution in [0.15, 0.2) is 42.7 Å². The van der Waals surface area contributed by atoms with Gasteiger partial charge in [-0.3, -0.25) is 9.78 Å². The van der Waals surface area contributed by atoms with Crippen molar-refractivity contribution in [2.75, 3.05) is 24.5 Å². The van der Waals surface area contributed by atoms with E-state index >= 15 is 0 Å². The molecule has 1 aromatic carbocycles. The molecule has 1 saturated heterocycles. The number of amides is 1. The minimum atomic E-state index is -4.68. The van der Waals surface area contributed by atoms with Crippen LogP contribution in [-0.4, -0.2) is 41.5 Å². The number of nitrogens with one attached hydrogen (secondary N) is 1. The Bertz CT molecular complexity index is 1240.